The topological polar surface area (TPSA) is 69.3 Å². The van der Waals surface area contributed by atoms with Gasteiger partial charge in [0.2, 0.25) is 0 Å². The van der Waals surface area contributed by atoms with Gasteiger partial charge in [-0.25, -0.2) is 13.2 Å². The smallest absolute Gasteiger partial charge is 0.408 e. The van der Waals surface area contributed by atoms with E-state index in [1.807, 2.05) is 6.07 Å². The maximum atomic E-state index is 12.4. The largest absolute Gasteiger partial charge is 0.419 e. The zero-order chi connectivity index (χ0) is 15.0. The van der Waals surface area contributed by atoms with Crippen LogP contribution in [0.25, 0.3) is 11.1 Å². The van der Waals surface area contributed by atoms with Gasteiger partial charge in [0.15, 0.2) is 15.4 Å². The van der Waals surface area contributed by atoms with Crippen molar-refractivity contribution in [1.29, 1.82) is 0 Å². The Morgan fingerprint density at radius 1 is 1.10 bits per heavy atom. The van der Waals surface area contributed by atoms with Crippen molar-refractivity contribution in [3.63, 3.8) is 0 Å². The molecule has 3 rings (SSSR count). The van der Waals surface area contributed by atoms with Gasteiger partial charge in [-0.1, -0.05) is 30.3 Å². The molecule has 0 N–H and O–H groups in total. The Morgan fingerprint density at radius 3 is 2.52 bits per heavy atom. The van der Waals surface area contributed by atoms with E-state index < -0.39 is 15.6 Å². The van der Waals surface area contributed by atoms with Crippen LogP contribution in [0.5, 0.6) is 0 Å². The van der Waals surface area contributed by atoms with Crippen molar-refractivity contribution in [3.8, 4) is 0 Å². The van der Waals surface area contributed by atoms with Crippen LogP contribution in [0.3, 0.4) is 0 Å². The van der Waals surface area contributed by atoms with Gasteiger partial charge in [-0.2, -0.15) is 0 Å². The second-order valence-corrected chi connectivity index (χ2v) is 6.79. The summed E-state index contributed by atoms with van der Waals surface area (Å²) in [6.07, 6.45) is 0. The molecule has 0 saturated carbocycles. The summed E-state index contributed by atoms with van der Waals surface area (Å²) >= 11 is 0. The van der Waals surface area contributed by atoms with E-state index in [0.29, 0.717) is 11.1 Å². The molecule has 21 heavy (non-hydrogen) atoms. The third-order valence-corrected chi connectivity index (χ3v) is 5.01. The SMILES string of the molecule is Cn1c(=O)oc2cc(S(=O)(=O)Cc3ccccc3)ccc21. The fraction of sp³-hybridized carbons (Fsp3) is 0.133. The van der Waals surface area contributed by atoms with Crippen molar-refractivity contribution < 1.29 is 12.8 Å². The number of aromatic nitrogens is 1. The van der Waals surface area contributed by atoms with Crippen LogP contribution in [0.1, 0.15) is 5.56 Å². The molecule has 0 aliphatic heterocycles. The van der Waals surface area contributed by atoms with Crippen LogP contribution in [-0.2, 0) is 22.6 Å². The van der Waals surface area contributed by atoms with Crippen LogP contribution < -0.4 is 5.76 Å². The molecule has 2 aromatic carbocycles. The van der Waals surface area contributed by atoms with Crippen LogP contribution in [0.4, 0.5) is 0 Å². The first kappa shape index (κ1) is 13.6. The van der Waals surface area contributed by atoms with Gasteiger partial charge in [0.25, 0.3) is 0 Å². The van der Waals surface area contributed by atoms with Crippen molar-refractivity contribution in [2.45, 2.75) is 10.6 Å². The molecule has 0 aliphatic carbocycles. The Morgan fingerprint density at radius 2 is 1.81 bits per heavy atom. The van der Waals surface area contributed by atoms with Crippen LogP contribution >= 0.6 is 0 Å². The molecule has 108 valence electrons. The van der Waals surface area contributed by atoms with Gasteiger partial charge < -0.3 is 4.42 Å². The van der Waals surface area contributed by atoms with Gasteiger partial charge in [0.1, 0.15) is 0 Å². The van der Waals surface area contributed by atoms with E-state index in [4.69, 9.17) is 4.42 Å². The van der Waals surface area contributed by atoms with E-state index in [9.17, 15) is 13.2 Å². The first-order valence-electron chi connectivity index (χ1n) is 6.34. The number of oxazole rings is 1. The summed E-state index contributed by atoms with van der Waals surface area (Å²) in [4.78, 5) is 11.6. The van der Waals surface area contributed by atoms with Gasteiger partial charge in [-0.05, 0) is 17.7 Å². The molecule has 0 aliphatic rings. The number of hydrogen-bond acceptors (Lipinski definition) is 4. The number of benzene rings is 2. The molecule has 0 unspecified atom stereocenters. The third kappa shape index (κ3) is 2.50. The summed E-state index contributed by atoms with van der Waals surface area (Å²) in [5.41, 5.74) is 1.56. The molecule has 0 bridgehead atoms. The number of hydrogen-bond donors (Lipinski definition) is 0. The fourth-order valence-corrected chi connectivity index (χ4v) is 3.54. The number of aryl methyl sites for hydroxylation is 1. The average molecular weight is 303 g/mol. The lowest BCUT2D eigenvalue weighted by Crippen LogP contribution is -2.08. The molecule has 6 heteroatoms. The Balaban J connectivity index is 2.05. The normalized spacial score (nSPS) is 11.9. The quantitative estimate of drug-likeness (QED) is 0.743. The third-order valence-electron chi connectivity index (χ3n) is 3.32. The van der Waals surface area contributed by atoms with Crippen molar-refractivity contribution in [3.05, 3.63) is 64.6 Å². The van der Waals surface area contributed by atoms with E-state index in [1.165, 1.54) is 16.7 Å². The molecule has 5 nitrogen and oxygen atoms in total. The van der Waals surface area contributed by atoms with Crippen LogP contribution in [-0.4, -0.2) is 13.0 Å². The number of nitrogens with zero attached hydrogens (tertiary/aromatic N) is 1. The monoisotopic (exact) mass is 303 g/mol. The molecule has 1 aromatic heterocycles. The minimum atomic E-state index is -3.48. The van der Waals surface area contributed by atoms with Crippen molar-refractivity contribution in [1.82, 2.24) is 4.57 Å². The number of sulfone groups is 1. The molecule has 3 aromatic rings. The van der Waals surface area contributed by atoms with Crippen molar-refractivity contribution >= 4 is 20.9 Å². The fourth-order valence-electron chi connectivity index (χ4n) is 2.18. The lowest BCUT2D eigenvalue weighted by atomic mass is 10.2. The lowest BCUT2D eigenvalue weighted by molar-refractivity contribution is 0.527. The van der Waals surface area contributed by atoms with Crippen molar-refractivity contribution in [2.75, 3.05) is 0 Å². The second-order valence-electron chi connectivity index (χ2n) is 4.80. The van der Waals surface area contributed by atoms with Gasteiger partial charge in [0, 0.05) is 13.1 Å². The second kappa shape index (κ2) is 4.89. The summed E-state index contributed by atoms with van der Waals surface area (Å²) in [6.45, 7) is 0. The van der Waals surface area contributed by atoms with E-state index in [2.05, 4.69) is 0 Å². The van der Waals surface area contributed by atoms with Crippen LogP contribution in [0.2, 0.25) is 0 Å². The molecule has 0 atom stereocenters. The minimum absolute atomic E-state index is 0.0869. The Labute approximate surface area is 121 Å². The maximum absolute atomic E-state index is 12.4. The highest BCUT2D eigenvalue weighted by Crippen LogP contribution is 2.21. The summed E-state index contributed by atoms with van der Waals surface area (Å²) in [6, 6.07) is 13.4. The predicted molar refractivity (Wildman–Crippen MR) is 78.8 cm³/mol. The molecule has 0 saturated heterocycles. The Kier molecular flexibility index (Phi) is 3.17. The Hall–Kier alpha value is -2.34. The average Bonchev–Trinajstić information content (AvgIpc) is 2.74. The zero-order valence-electron chi connectivity index (χ0n) is 11.3. The Bertz CT molecular complexity index is 952. The molecule has 0 spiro atoms. The van der Waals surface area contributed by atoms with Gasteiger partial charge in [-0.3, -0.25) is 4.57 Å². The molecular formula is C15H13NO4S. The van der Waals surface area contributed by atoms with E-state index in [-0.39, 0.29) is 16.2 Å². The van der Waals surface area contributed by atoms with E-state index >= 15 is 0 Å². The summed E-state index contributed by atoms with van der Waals surface area (Å²) in [7, 11) is -1.90. The van der Waals surface area contributed by atoms with Crippen LogP contribution in [0, 0.1) is 0 Å². The highest BCUT2D eigenvalue weighted by atomic mass is 32.2. The van der Waals surface area contributed by atoms with Gasteiger partial charge in [0.05, 0.1) is 16.2 Å². The maximum Gasteiger partial charge on any atom is 0.419 e. The van der Waals surface area contributed by atoms with Gasteiger partial charge >= 0.3 is 5.76 Å². The molecular weight excluding hydrogens is 290 g/mol. The standard InChI is InChI=1S/C15H13NO4S/c1-16-13-8-7-12(9-14(13)20-15(16)17)21(18,19)10-11-5-3-2-4-6-11/h2-9H,10H2,1H3. The summed E-state index contributed by atoms with van der Waals surface area (Å²) in [5, 5.41) is 0. The molecule has 0 fully saturated rings. The predicted octanol–water partition coefficient (Wildman–Crippen LogP) is 2.11. The number of rotatable bonds is 3. The first-order valence-corrected chi connectivity index (χ1v) is 7.99. The summed E-state index contributed by atoms with van der Waals surface area (Å²) in [5.74, 6) is -0.598. The molecule has 0 amide bonds. The number of fused-ring (bicyclic) bond motifs is 1. The highest BCUT2D eigenvalue weighted by Gasteiger charge is 2.17. The molecule has 0 radical (unpaired) electrons. The minimum Gasteiger partial charge on any atom is -0.408 e. The summed E-state index contributed by atoms with van der Waals surface area (Å²) < 4.78 is 31.2. The van der Waals surface area contributed by atoms with Crippen LogP contribution in [0.15, 0.2) is 62.6 Å². The molecule has 1 heterocycles. The first-order chi connectivity index (χ1) is 9.97. The zero-order valence-corrected chi connectivity index (χ0v) is 12.1. The van der Waals surface area contributed by atoms with E-state index in [0.717, 1.165) is 0 Å². The highest BCUT2D eigenvalue weighted by molar-refractivity contribution is 7.90. The lowest BCUT2D eigenvalue weighted by Gasteiger charge is -2.04. The van der Waals surface area contributed by atoms with E-state index in [1.54, 1.807) is 37.4 Å². The van der Waals surface area contributed by atoms with Crippen molar-refractivity contribution in [2.24, 2.45) is 7.05 Å². The van der Waals surface area contributed by atoms with Gasteiger partial charge in [-0.15, -0.1) is 0 Å².